The zero-order chi connectivity index (χ0) is 10.5. The maximum absolute atomic E-state index is 11.7. The summed E-state index contributed by atoms with van der Waals surface area (Å²) in [5.74, 6) is 0. The van der Waals surface area contributed by atoms with E-state index in [0.29, 0.717) is 5.01 Å². The van der Waals surface area contributed by atoms with E-state index in [1.807, 2.05) is 0 Å². The highest BCUT2D eigenvalue weighted by atomic mass is 19.4. The Morgan fingerprint density at radius 1 is 1.54 bits per heavy atom. The minimum atomic E-state index is -4.31. The molecule has 0 spiro atoms. The Balaban J connectivity index is 3.94. The first-order valence-corrected chi connectivity index (χ1v) is 3.33. The van der Waals surface area contributed by atoms with Gasteiger partial charge < -0.3 is 5.11 Å². The van der Waals surface area contributed by atoms with Crippen LogP contribution in [0.2, 0.25) is 0 Å². The lowest BCUT2D eigenvalue weighted by Crippen LogP contribution is -2.26. The van der Waals surface area contributed by atoms with Crippen LogP contribution in [0.1, 0.15) is 0 Å². The Kier molecular flexibility index (Phi) is 4.39. The van der Waals surface area contributed by atoms with Crippen LogP contribution in [0.15, 0.2) is 22.6 Å². The molecule has 13 heavy (non-hydrogen) atoms. The van der Waals surface area contributed by atoms with E-state index in [0.717, 1.165) is 7.05 Å². The molecule has 0 heterocycles. The molecule has 0 aliphatic heterocycles. The molecule has 0 aromatic rings. The highest BCUT2D eigenvalue weighted by Crippen LogP contribution is 2.15. The molecule has 0 aliphatic carbocycles. The third kappa shape index (κ3) is 7.26. The van der Waals surface area contributed by atoms with Gasteiger partial charge in [0.1, 0.15) is 6.54 Å². The number of hydrogen-bond donors (Lipinski definition) is 1. The third-order valence-electron chi connectivity index (χ3n) is 0.929. The molecular weight excluding hydrogens is 187 g/mol. The predicted molar refractivity (Wildman–Crippen MR) is 39.8 cm³/mol. The van der Waals surface area contributed by atoms with E-state index in [2.05, 4.69) is 16.9 Å². The lowest BCUT2D eigenvalue weighted by Gasteiger charge is -2.13. The Morgan fingerprint density at radius 2 is 2.08 bits per heavy atom. The van der Waals surface area contributed by atoms with E-state index in [1.165, 1.54) is 0 Å². The molecule has 0 saturated carbocycles. The Bertz CT molecular complexity index is 202. The van der Waals surface area contributed by atoms with E-state index in [1.54, 1.807) is 0 Å². The normalized spacial score (nSPS) is 12.1. The van der Waals surface area contributed by atoms with Crippen LogP contribution in [-0.2, 0) is 0 Å². The second-order valence-corrected chi connectivity index (χ2v) is 2.34. The summed E-state index contributed by atoms with van der Waals surface area (Å²) in [5.41, 5.74) is 0.00836. The van der Waals surface area contributed by atoms with Crippen LogP contribution in [0.4, 0.5) is 13.2 Å². The van der Waals surface area contributed by atoms with Crippen molar-refractivity contribution in [2.24, 2.45) is 10.3 Å². The zero-order valence-corrected chi connectivity index (χ0v) is 7.04. The van der Waals surface area contributed by atoms with Gasteiger partial charge in [0.25, 0.3) is 0 Å². The number of alkyl halides is 3. The van der Waals surface area contributed by atoms with Gasteiger partial charge in [0.15, 0.2) is 0 Å². The molecule has 0 bridgehead atoms. The van der Waals surface area contributed by atoms with E-state index in [-0.39, 0.29) is 5.70 Å². The van der Waals surface area contributed by atoms with Crippen LogP contribution >= 0.6 is 0 Å². The van der Waals surface area contributed by atoms with Gasteiger partial charge in [-0.1, -0.05) is 11.8 Å². The topological polar surface area (TPSA) is 48.2 Å². The van der Waals surface area contributed by atoms with Gasteiger partial charge in [0.2, 0.25) is 0 Å². The molecule has 4 nitrogen and oxygen atoms in total. The van der Waals surface area contributed by atoms with Crippen molar-refractivity contribution >= 4 is 0 Å². The van der Waals surface area contributed by atoms with Gasteiger partial charge in [0, 0.05) is 7.05 Å². The first kappa shape index (κ1) is 11.9. The molecule has 0 rings (SSSR count). The number of halogens is 3. The average molecular weight is 197 g/mol. The third-order valence-corrected chi connectivity index (χ3v) is 0.929. The summed E-state index contributed by atoms with van der Waals surface area (Å²) >= 11 is 0. The molecule has 0 aromatic heterocycles. The largest absolute Gasteiger partial charge is 0.407 e. The molecule has 0 aliphatic rings. The average Bonchev–Trinajstić information content (AvgIpc) is 1.97. The van der Waals surface area contributed by atoms with Crippen molar-refractivity contribution in [2.75, 3.05) is 20.2 Å². The smallest absolute Gasteiger partial charge is 0.390 e. The molecular formula is C6H10F3N3O. The number of nitrogens with zero attached hydrogens (tertiary/aromatic N) is 3. The molecule has 0 atom stereocenters. The van der Waals surface area contributed by atoms with Crippen LogP contribution in [-0.4, -0.2) is 36.5 Å². The maximum atomic E-state index is 11.7. The zero-order valence-electron chi connectivity index (χ0n) is 7.04. The van der Waals surface area contributed by atoms with Crippen LogP contribution in [0.3, 0.4) is 0 Å². The Hall–Kier alpha value is -1.11. The van der Waals surface area contributed by atoms with Gasteiger partial charge in [-0.05, 0) is 0 Å². The van der Waals surface area contributed by atoms with Gasteiger partial charge in [-0.15, -0.1) is 5.11 Å². The molecule has 0 saturated heterocycles. The first-order valence-electron chi connectivity index (χ1n) is 3.33. The summed E-state index contributed by atoms with van der Waals surface area (Å²) < 4.78 is 35.1. The molecule has 0 aromatic carbocycles. The van der Waals surface area contributed by atoms with Gasteiger partial charge in [-0.25, -0.2) is 0 Å². The quantitative estimate of drug-likeness (QED) is 0.546. The Labute approximate surface area is 73.3 Å². The van der Waals surface area contributed by atoms with Gasteiger partial charge in [-0.2, -0.15) is 13.2 Å². The van der Waals surface area contributed by atoms with Crippen molar-refractivity contribution in [3.05, 3.63) is 12.3 Å². The van der Waals surface area contributed by atoms with Crippen molar-refractivity contribution in [1.29, 1.82) is 0 Å². The van der Waals surface area contributed by atoms with Crippen LogP contribution < -0.4 is 0 Å². The number of aliphatic hydroxyl groups is 1. The van der Waals surface area contributed by atoms with Crippen molar-refractivity contribution in [1.82, 2.24) is 5.01 Å². The lowest BCUT2D eigenvalue weighted by atomic mass is 10.6. The fourth-order valence-corrected chi connectivity index (χ4v) is 0.462. The SMILES string of the molecule is C=C(CO)N=NN(C)CC(F)(F)F. The second kappa shape index (κ2) is 4.80. The maximum Gasteiger partial charge on any atom is 0.407 e. The molecule has 0 radical (unpaired) electrons. The van der Waals surface area contributed by atoms with Crippen molar-refractivity contribution in [3.63, 3.8) is 0 Å². The number of rotatable bonds is 4. The molecule has 1 N–H and O–H groups in total. The van der Waals surface area contributed by atoms with E-state index in [4.69, 9.17) is 5.11 Å². The monoisotopic (exact) mass is 197 g/mol. The fraction of sp³-hybridized carbons (Fsp3) is 0.667. The molecule has 0 unspecified atom stereocenters. The van der Waals surface area contributed by atoms with Crippen molar-refractivity contribution in [2.45, 2.75) is 6.18 Å². The van der Waals surface area contributed by atoms with Crippen LogP contribution in [0.25, 0.3) is 0 Å². The van der Waals surface area contributed by atoms with E-state index in [9.17, 15) is 13.2 Å². The summed E-state index contributed by atoms with van der Waals surface area (Å²) in [5, 5.41) is 15.4. The predicted octanol–water partition coefficient (Wildman–Crippen LogP) is 1.35. The summed E-state index contributed by atoms with van der Waals surface area (Å²) in [6, 6.07) is 0. The van der Waals surface area contributed by atoms with E-state index < -0.39 is 19.3 Å². The number of aliphatic hydroxyl groups excluding tert-OH is 1. The van der Waals surface area contributed by atoms with Crippen LogP contribution in [0, 0.1) is 0 Å². The molecule has 76 valence electrons. The Morgan fingerprint density at radius 3 is 2.46 bits per heavy atom. The highest BCUT2D eigenvalue weighted by Gasteiger charge is 2.29. The summed E-state index contributed by atoms with van der Waals surface area (Å²) in [6.45, 7) is 1.61. The first-order chi connectivity index (χ1) is 5.85. The standard InChI is InChI=1S/C6H10F3N3O/c1-5(3-13)10-11-12(2)4-6(7,8)9/h13H,1,3-4H2,2H3. The molecule has 0 amide bonds. The second-order valence-electron chi connectivity index (χ2n) is 2.34. The van der Waals surface area contributed by atoms with Crippen molar-refractivity contribution < 1.29 is 18.3 Å². The lowest BCUT2D eigenvalue weighted by molar-refractivity contribution is -0.143. The van der Waals surface area contributed by atoms with E-state index >= 15 is 0 Å². The molecule has 0 fully saturated rings. The van der Waals surface area contributed by atoms with Crippen molar-refractivity contribution in [3.8, 4) is 0 Å². The molecule has 7 heteroatoms. The fourth-order valence-electron chi connectivity index (χ4n) is 0.462. The number of hydrogen-bond acceptors (Lipinski definition) is 3. The summed E-state index contributed by atoms with van der Waals surface area (Å²) in [4.78, 5) is 0. The van der Waals surface area contributed by atoms with Gasteiger partial charge in [-0.3, -0.25) is 5.01 Å². The van der Waals surface area contributed by atoms with Gasteiger partial charge in [0.05, 0.1) is 12.3 Å². The van der Waals surface area contributed by atoms with Crippen LogP contribution in [0.5, 0.6) is 0 Å². The summed E-state index contributed by atoms with van der Waals surface area (Å²) in [6.07, 6.45) is -4.31. The van der Waals surface area contributed by atoms with Gasteiger partial charge >= 0.3 is 6.18 Å². The minimum Gasteiger partial charge on any atom is -0.390 e. The highest BCUT2D eigenvalue weighted by molar-refractivity contribution is 4.88. The minimum absolute atomic E-state index is 0.00836. The summed E-state index contributed by atoms with van der Waals surface area (Å²) in [7, 11) is 1.13.